The number of aromatic nitrogens is 2. The van der Waals surface area contributed by atoms with Crippen molar-refractivity contribution < 1.29 is 4.79 Å². The molecule has 7 heteroatoms. The topological polar surface area (TPSA) is 96.5 Å². The first kappa shape index (κ1) is 17.8. The van der Waals surface area contributed by atoms with Crippen molar-refractivity contribution in [3.8, 4) is 11.3 Å². The number of nitrogens with two attached hydrogens (primary N) is 1. The number of rotatable bonds is 4. The third-order valence-electron chi connectivity index (χ3n) is 5.62. The third kappa shape index (κ3) is 3.34. The number of nitrogens with zero attached hydrogens (tertiary/aromatic N) is 4. The number of pyridine rings is 2. The molecule has 0 bridgehead atoms. The predicted octanol–water partition coefficient (Wildman–Crippen LogP) is 2.86. The fraction of sp³-hybridized carbons (Fsp3) is 0.273. The van der Waals surface area contributed by atoms with Gasteiger partial charge in [-0.2, -0.15) is 5.01 Å². The number of carbonyl (C=O) groups is 1. The van der Waals surface area contributed by atoms with E-state index in [4.69, 9.17) is 10.7 Å². The van der Waals surface area contributed by atoms with Crippen LogP contribution in [0.1, 0.15) is 41.9 Å². The summed E-state index contributed by atoms with van der Waals surface area (Å²) in [5, 5.41) is 3.13. The number of primary amides is 1. The number of hydrogen-bond acceptors (Lipinski definition) is 6. The van der Waals surface area contributed by atoms with Crippen molar-refractivity contribution in [1.29, 1.82) is 0 Å². The molecular formula is C22H22N6O. The van der Waals surface area contributed by atoms with Crippen LogP contribution in [0.2, 0.25) is 0 Å². The van der Waals surface area contributed by atoms with Crippen LogP contribution in [0.15, 0.2) is 53.5 Å². The summed E-state index contributed by atoms with van der Waals surface area (Å²) in [7, 11) is 0. The van der Waals surface area contributed by atoms with E-state index in [0.29, 0.717) is 24.0 Å². The number of fused-ring (bicyclic) bond motifs is 1. The lowest BCUT2D eigenvalue weighted by molar-refractivity contribution is 0.0996. The Morgan fingerprint density at radius 1 is 1.03 bits per heavy atom. The molecular weight excluding hydrogens is 364 g/mol. The molecule has 2 aromatic heterocycles. The van der Waals surface area contributed by atoms with Gasteiger partial charge < -0.3 is 5.73 Å². The second-order valence-corrected chi connectivity index (χ2v) is 7.52. The highest BCUT2D eigenvalue weighted by Gasteiger charge is 2.27. The molecule has 5 rings (SSSR count). The summed E-state index contributed by atoms with van der Waals surface area (Å²) in [4.78, 5) is 25.9. The van der Waals surface area contributed by atoms with Gasteiger partial charge in [0.1, 0.15) is 18.1 Å². The van der Waals surface area contributed by atoms with Crippen molar-refractivity contribution in [2.24, 2.45) is 10.7 Å². The number of amidine groups is 1. The molecule has 1 aliphatic heterocycles. The lowest BCUT2D eigenvalue weighted by atomic mass is 10.0. The van der Waals surface area contributed by atoms with Gasteiger partial charge in [0.15, 0.2) is 5.84 Å². The fourth-order valence-electron chi connectivity index (χ4n) is 4.13. The molecule has 146 valence electrons. The zero-order valence-electron chi connectivity index (χ0n) is 16.0. The van der Waals surface area contributed by atoms with E-state index in [0.717, 1.165) is 22.4 Å². The molecule has 0 saturated heterocycles. The predicted molar refractivity (Wildman–Crippen MR) is 112 cm³/mol. The summed E-state index contributed by atoms with van der Waals surface area (Å²) in [6, 6.07) is 15.8. The molecule has 0 spiro atoms. The van der Waals surface area contributed by atoms with Crippen LogP contribution in [-0.4, -0.2) is 39.4 Å². The first-order valence-electron chi connectivity index (χ1n) is 9.94. The monoisotopic (exact) mass is 386 g/mol. The van der Waals surface area contributed by atoms with Crippen LogP contribution < -0.4 is 11.2 Å². The zero-order chi connectivity index (χ0) is 19.8. The SMILES string of the molecule is NC(=O)c1nc2ccccc2cc1-c1cccc(C2=NCN(C3CCCC3)N2)n1. The normalized spacial score (nSPS) is 17.4. The van der Waals surface area contributed by atoms with Crippen LogP contribution in [0.4, 0.5) is 0 Å². The van der Waals surface area contributed by atoms with E-state index in [1.807, 2.05) is 48.5 Å². The number of carbonyl (C=O) groups excluding carboxylic acids is 1. The Kier molecular flexibility index (Phi) is 4.44. The quantitative estimate of drug-likeness (QED) is 0.719. The molecule has 0 unspecified atom stereocenters. The summed E-state index contributed by atoms with van der Waals surface area (Å²) in [5.74, 6) is 0.190. The van der Waals surface area contributed by atoms with E-state index in [2.05, 4.69) is 20.4 Å². The second-order valence-electron chi connectivity index (χ2n) is 7.52. The average Bonchev–Trinajstić information content (AvgIpc) is 3.44. The standard InChI is InChI=1S/C22H22N6O/c23-21(29)20-16(12-14-6-1-4-9-17(14)26-20)18-10-5-11-19(25-18)22-24-13-28(27-22)15-7-2-3-8-15/h1,4-6,9-12,15H,2-3,7-8,13H2,(H2,23,29)(H,24,27). The van der Waals surface area contributed by atoms with Gasteiger partial charge in [-0.3, -0.25) is 10.2 Å². The van der Waals surface area contributed by atoms with Crippen molar-refractivity contribution >= 4 is 22.6 Å². The highest BCUT2D eigenvalue weighted by atomic mass is 16.1. The minimum absolute atomic E-state index is 0.224. The third-order valence-corrected chi connectivity index (χ3v) is 5.62. The largest absolute Gasteiger partial charge is 0.364 e. The maximum Gasteiger partial charge on any atom is 0.268 e. The van der Waals surface area contributed by atoms with E-state index >= 15 is 0 Å². The first-order chi connectivity index (χ1) is 14.2. The molecule has 3 heterocycles. The molecule has 1 aromatic carbocycles. The lowest BCUT2D eigenvalue weighted by Gasteiger charge is -2.22. The van der Waals surface area contributed by atoms with Gasteiger partial charge in [0.2, 0.25) is 0 Å². The molecule has 3 aromatic rings. The first-order valence-corrected chi connectivity index (χ1v) is 9.94. The molecule has 1 aliphatic carbocycles. The Balaban J connectivity index is 1.50. The van der Waals surface area contributed by atoms with Gasteiger partial charge in [-0.1, -0.05) is 37.1 Å². The summed E-state index contributed by atoms with van der Waals surface area (Å²) in [5.41, 5.74) is 12.0. The highest BCUT2D eigenvalue weighted by Crippen LogP contribution is 2.27. The Morgan fingerprint density at radius 3 is 2.66 bits per heavy atom. The summed E-state index contributed by atoms with van der Waals surface area (Å²) in [6.45, 7) is 0.635. The molecule has 1 fully saturated rings. The molecule has 1 saturated carbocycles. The molecule has 29 heavy (non-hydrogen) atoms. The average molecular weight is 386 g/mol. The van der Waals surface area contributed by atoms with Crippen LogP contribution in [0, 0.1) is 0 Å². The highest BCUT2D eigenvalue weighted by molar-refractivity contribution is 6.02. The van der Waals surface area contributed by atoms with Crippen molar-refractivity contribution in [2.45, 2.75) is 31.7 Å². The van der Waals surface area contributed by atoms with Crippen LogP contribution in [0.5, 0.6) is 0 Å². The molecule has 7 nitrogen and oxygen atoms in total. The lowest BCUT2D eigenvalue weighted by Crippen LogP contribution is -2.42. The Bertz CT molecular complexity index is 1120. The Hall–Kier alpha value is -3.32. The van der Waals surface area contributed by atoms with E-state index < -0.39 is 5.91 Å². The molecule has 0 radical (unpaired) electrons. The molecule has 3 N–H and O–H groups in total. The van der Waals surface area contributed by atoms with Crippen molar-refractivity contribution in [2.75, 3.05) is 6.67 Å². The van der Waals surface area contributed by atoms with Gasteiger partial charge in [0, 0.05) is 17.0 Å². The second kappa shape index (κ2) is 7.25. The number of amides is 1. The maximum absolute atomic E-state index is 12.1. The molecule has 0 atom stereocenters. The summed E-state index contributed by atoms with van der Waals surface area (Å²) >= 11 is 0. The zero-order valence-corrected chi connectivity index (χ0v) is 16.0. The maximum atomic E-state index is 12.1. The molecule has 2 aliphatic rings. The summed E-state index contributed by atoms with van der Waals surface area (Å²) < 4.78 is 0. The molecule has 1 amide bonds. The van der Waals surface area contributed by atoms with Crippen molar-refractivity contribution in [3.63, 3.8) is 0 Å². The van der Waals surface area contributed by atoms with Gasteiger partial charge >= 0.3 is 0 Å². The number of para-hydroxylation sites is 1. The fourth-order valence-corrected chi connectivity index (χ4v) is 4.13. The number of hydrogen-bond donors (Lipinski definition) is 2. The van der Waals surface area contributed by atoms with Crippen LogP contribution in [0.3, 0.4) is 0 Å². The van der Waals surface area contributed by atoms with Crippen LogP contribution in [-0.2, 0) is 0 Å². The van der Waals surface area contributed by atoms with Gasteiger partial charge in [-0.05, 0) is 37.1 Å². The van der Waals surface area contributed by atoms with Gasteiger partial charge in [-0.15, -0.1) is 0 Å². The van der Waals surface area contributed by atoms with Gasteiger partial charge in [0.25, 0.3) is 5.91 Å². The van der Waals surface area contributed by atoms with Gasteiger partial charge in [0.05, 0.1) is 11.2 Å². The van der Waals surface area contributed by atoms with Gasteiger partial charge in [-0.25, -0.2) is 15.0 Å². The van der Waals surface area contributed by atoms with Crippen molar-refractivity contribution in [1.82, 2.24) is 20.4 Å². The Labute approximate surface area is 168 Å². The van der Waals surface area contributed by atoms with Crippen LogP contribution >= 0.6 is 0 Å². The number of hydrazine groups is 1. The number of aliphatic imine (C=N–C) groups is 1. The van der Waals surface area contributed by atoms with E-state index in [-0.39, 0.29) is 5.69 Å². The van der Waals surface area contributed by atoms with Crippen molar-refractivity contribution in [3.05, 3.63) is 59.9 Å². The number of nitrogens with one attached hydrogen (secondary N) is 1. The van der Waals surface area contributed by atoms with E-state index in [1.165, 1.54) is 25.7 Å². The van der Waals surface area contributed by atoms with E-state index in [1.54, 1.807) is 0 Å². The Morgan fingerprint density at radius 2 is 1.83 bits per heavy atom. The minimum Gasteiger partial charge on any atom is -0.364 e. The number of benzene rings is 1. The van der Waals surface area contributed by atoms with Crippen LogP contribution in [0.25, 0.3) is 22.2 Å². The van der Waals surface area contributed by atoms with E-state index in [9.17, 15) is 4.79 Å². The summed E-state index contributed by atoms with van der Waals surface area (Å²) in [6.07, 6.45) is 4.95. The minimum atomic E-state index is -0.568. The smallest absolute Gasteiger partial charge is 0.268 e.